The first-order valence-corrected chi connectivity index (χ1v) is 4.76. The molecule has 0 aromatic carbocycles. The number of amides is 1. The van der Waals surface area contributed by atoms with E-state index in [0.29, 0.717) is 6.04 Å². The predicted molar refractivity (Wildman–Crippen MR) is 48.7 cm³/mol. The summed E-state index contributed by atoms with van der Waals surface area (Å²) in [5.74, 6) is -0.0121. The summed E-state index contributed by atoms with van der Waals surface area (Å²) >= 11 is 0. The molecule has 3 N–H and O–H groups in total. The lowest BCUT2D eigenvalue weighted by Crippen LogP contribution is -2.44. The first-order valence-electron chi connectivity index (χ1n) is 4.76. The van der Waals surface area contributed by atoms with Crippen molar-refractivity contribution in [3.63, 3.8) is 0 Å². The maximum absolute atomic E-state index is 11.2. The average molecular weight is 170 g/mol. The molecular formula is C9H18N2O. The van der Waals surface area contributed by atoms with Crippen LogP contribution in [-0.4, -0.2) is 18.0 Å². The number of rotatable bonds is 2. The molecule has 0 bridgehead atoms. The van der Waals surface area contributed by atoms with Crippen molar-refractivity contribution in [1.82, 2.24) is 5.32 Å². The van der Waals surface area contributed by atoms with Crippen molar-refractivity contribution in [3.05, 3.63) is 0 Å². The molecule has 12 heavy (non-hydrogen) atoms. The monoisotopic (exact) mass is 170 g/mol. The Balaban J connectivity index is 2.24. The third-order valence-corrected chi connectivity index (χ3v) is 2.37. The molecule has 0 aliphatic heterocycles. The van der Waals surface area contributed by atoms with Gasteiger partial charge in [-0.05, 0) is 19.8 Å². The van der Waals surface area contributed by atoms with Gasteiger partial charge in [0.05, 0.1) is 6.04 Å². The van der Waals surface area contributed by atoms with Crippen molar-refractivity contribution in [2.24, 2.45) is 5.73 Å². The normalized spacial score (nSPS) is 21.8. The molecule has 1 saturated carbocycles. The van der Waals surface area contributed by atoms with E-state index in [1.54, 1.807) is 6.92 Å². The second kappa shape index (κ2) is 4.45. The highest BCUT2D eigenvalue weighted by molar-refractivity contribution is 5.81. The van der Waals surface area contributed by atoms with Gasteiger partial charge in [-0.15, -0.1) is 0 Å². The van der Waals surface area contributed by atoms with Gasteiger partial charge in [-0.25, -0.2) is 0 Å². The van der Waals surface area contributed by atoms with Gasteiger partial charge in [0.1, 0.15) is 0 Å². The number of nitrogens with two attached hydrogens (primary N) is 1. The summed E-state index contributed by atoms with van der Waals surface area (Å²) in [5.41, 5.74) is 5.44. The average Bonchev–Trinajstić information content (AvgIpc) is 2.06. The summed E-state index contributed by atoms with van der Waals surface area (Å²) in [6.07, 6.45) is 6.04. The number of hydrogen-bond acceptors (Lipinski definition) is 2. The molecule has 0 spiro atoms. The maximum atomic E-state index is 11.2. The van der Waals surface area contributed by atoms with E-state index in [1.165, 1.54) is 19.3 Å². The van der Waals surface area contributed by atoms with E-state index >= 15 is 0 Å². The van der Waals surface area contributed by atoms with Crippen molar-refractivity contribution in [2.45, 2.75) is 51.1 Å². The van der Waals surface area contributed by atoms with Crippen LogP contribution in [0.15, 0.2) is 0 Å². The van der Waals surface area contributed by atoms with Gasteiger partial charge in [0.25, 0.3) is 0 Å². The van der Waals surface area contributed by atoms with E-state index in [4.69, 9.17) is 5.73 Å². The van der Waals surface area contributed by atoms with Gasteiger partial charge in [0, 0.05) is 6.04 Å². The van der Waals surface area contributed by atoms with Crippen LogP contribution in [0.1, 0.15) is 39.0 Å². The third-order valence-electron chi connectivity index (χ3n) is 2.37. The summed E-state index contributed by atoms with van der Waals surface area (Å²) in [6, 6.07) is 0.0178. The molecule has 1 rings (SSSR count). The minimum absolute atomic E-state index is 0.0121. The van der Waals surface area contributed by atoms with E-state index in [0.717, 1.165) is 12.8 Å². The second-order valence-corrected chi connectivity index (χ2v) is 3.63. The minimum Gasteiger partial charge on any atom is -0.352 e. The predicted octanol–water partition coefficient (Wildman–Crippen LogP) is 0.782. The zero-order valence-corrected chi connectivity index (χ0v) is 7.68. The maximum Gasteiger partial charge on any atom is 0.236 e. The van der Waals surface area contributed by atoms with E-state index in [-0.39, 0.29) is 11.9 Å². The number of nitrogens with one attached hydrogen (secondary N) is 1. The van der Waals surface area contributed by atoms with E-state index in [2.05, 4.69) is 5.32 Å². The molecule has 3 nitrogen and oxygen atoms in total. The molecule has 0 heterocycles. The molecule has 1 aliphatic rings. The first kappa shape index (κ1) is 9.52. The van der Waals surface area contributed by atoms with E-state index in [1.807, 2.05) is 0 Å². The van der Waals surface area contributed by atoms with E-state index < -0.39 is 0 Å². The SMILES string of the molecule is C[C@H](N)C(=O)NC1CCCCC1. The number of hydrogen-bond donors (Lipinski definition) is 2. The summed E-state index contributed by atoms with van der Waals surface area (Å²) < 4.78 is 0. The van der Waals surface area contributed by atoms with Crippen LogP contribution in [0, 0.1) is 0 Å². The summed E-state index contributed by atoms with van der Waals surface area (Å²) in [7, 11) is 0. The standard InChI is InChI=1S/C9H18N2O/c1-7(10)9(12)11-8-5-3-2-4-6-8/h7-8H,2-6,10H2,1H3,(H,11,12)/t7-/m0/s1. The Kier molecular flexibility index (Phi) is 3.53. The van der Waals surface area contributed by atoms with Crippen molar-refractivity contribution in [3.8, 4) is 0 Å². The highest BCUT2D eigenvalue weighted by atomic mass is 16.2. The van der Waals surface area contributed by atoms with Crippen LogP contribution in [0.3, 0.4) is 0 Å². The molecule has 3 heteroatoms. The highest BCUT2D eigenvalue weighted by Crippen LogP contribution is 2.17. The molecule has 0 saturated heterocycles. The Morgan fingerprint density at radius 1 is 1.42 bits per heavy atom. The Morgan fingerprint density at radius 2 is 2.00 bits per heavy atom. The molecule has 0 radical (unpaired) electrons. The van der Waals surface area contributed by atoms with Gasteiger partial charge in [0.2, 0.25) is 5.91 Å². The van der Waals surface area contributed by atoms with Crippen LogP contribution in [0.4, 0.5) is 0 Å². The van der Waals surface area contributed by atoms with Gasteiger partial charge >= 0.3 is 0 Å². The largest absolute Gasteiger partial charge is 0.352 e. The fraction of sp³-hybridized carbons (Fsp3) is 0.889. The van der Waals surface area contributed by atoms with Crippen molar-refractivity contribution < 1.29 is 4.79 Å². The lowest BCUT2D eigenvalue weighted by Gasteiger charge is -2.23. The van der Waals surface area contributed by atoms with Gasteiger partial charge < -0.3 is 11.1 Å². The van der Waals surface area contributed by atoms with Gasteiger partial charge in [-0.1, -0.05) is 19.3 Å². The minimum atomic E-state index is -0.369. The molecule has 1 fully saturated rings. The Morgan fingerprint density at radius 3 is 2.50 bits per heavy atom. The van der Waals surface area contributed by atoms with Crippen molar-refractivity contribution in [2.75, 3.05) is 0 Å². The van der Waals surface area contributed by atoms with Crippen LogP contribution in [-0.2, 0) is 4.79 Å². The second-order valence-electron chi connectivity index (χ2n) is 3.63. The third kappa shape index (κ3) is 2.81. The fourth-order valence-electron chi connectivity index (χ4n) is 1.58. The van der Waals surface area contributed by atoms with E-state index in [9.17, 15) is 4.79 Å². The van der Waals surface area contributed by atoms with Crippen LogP contribution in [0.5, 0.6) is 0 Å². The smallest absolute Gasteiger partial charge is 0.236 e. The molecular weight excluding hydrogens is 152 g/mol. The molecule has 70 valence electrons. The molecule has 0 aromatic heterocycles. The molecule has 1 atom stereocenters. The van der Waals surface area contributed by atoms with Crippen molar-refractivity contribution in [1.29, 1.82) is 0 Å². The number of carbonyl (C=O) groups is 1. The Bertz CT molecular complexity index is 151. The van der Waals surface area contributed by atoms with Crippen LogP contribution in [0.25, 0.3) is 0 Å². The number of carbonyl (C=O) groups excluding carboxylic acids is 1. The molecule has 0 aromatic rings. The summed E-state index contributed by atoms with van der Waals surface area (Å²) in [6.45, 7) is 1.72. The van der Waals surface area contributed by atoms with Gasteiger partial charge in [-0.2, -0.15) is 0 Å². The van der Waals surface area contributed by atoms with Crippen LogP contribution in [0.2, 0.25) is 0 Å². The topological polar surface area (TPSA) is 55.1 Å². The lowest BCUT2D eigenvalue weighted by atomic mass is 9.95. The summed E-state index contributed by atoms with van der Waals surface area (Å²) in [4.78, 5) is 11.2. The fourth-order valence-corrected chi connectivity index (χ4v) is 1.58. The van der Waals surface area contributed by atoms with Crippen molar-refractivity contribution >= 4 is 5.91 Å². The van der Waals surface area contributed by atoms with Crippen LogP contribution < -0.4 is 11.1 Å². The Labute approximate surface area is 73.7 Å². The molecule has 1 aliphatic carbocycles. The summed E-state index contributed by atoms with van der Waals surface area (Å²) in [5, 5.41) is 2.95. The zero-order chi connectivity index (χ0) is 8.97. The molecule has 0 unspecified atom stereocenters. The zero-order valence-electron chi connectivity index (χ0n) is 7.68. The van der Waals surface area contributed by atoms with Crippen LogP contribution >= 0.6 is 0 Å². The van der Waals surface area contributed by atoms with Gasteiger partial charge in [0.15, 0.2) is 0 Å². The van der Waals surface area contributed by atoms with Gasteiger partial charge in [-0.3, -0.25) is 4.79 Å². The highest BCUT2D eigenvalue weighted by Gasteiger charge is 2.16. The molecule has 1 amide bonds. The lowest BCUT2D eigenvalue weighted by molar-refractivity contribution is -0.122. The quantitative estimate of drug-likeness (QED) is 0.643. The Hall–Kier alpha value is -0.570. The first-order chi connectivity index (χ1) is 5.70.